The van der Waals surface area contributed by atoms with Gasteiger partial charge in [0.25, 0.3) is 5.22 Å². The molecular formula is C18H15NO3S. The maximum absolute atomic E-state index is 11.0. The summed E-state index contributed by atoms with van der Waals surface area (Å²) in [6.07, 6.45) is 0. The summed E-state index contributed by atoms with van der Waals surface area (Å²) in [5.41, 5.74) is 2.57. The molecule has 0 bridgehead atoms. The molecule has 0 amide bonds. The topological polar surface area (TPSA) is 63.3 Å². The lowest BCUT2D eigenvalue weighted by Crippen LogP contribution is -2.10. The van der Waals surface area contributed by atoms with Crippen molar-refractivity contribution in [3.63, 3.8) is 0 Å². The summed E-state index contributed by atoms with van der Waals surface area (Å²) in [5, 5.41) is 8.80. The van der Waals surface area contributed by atoms with Crippen molar-refractivity contribution in [1.82, 2.24) is 4.98 Å². The number of carboxylic acid groups (broad SMARTS) is 1. The first-order valence-electron chi connectivity index (χ1n) is 7.16. The fourth-order valence-corrected chi connectivity index (χ4v) is 2.81. The van der Waals surface area contributed by atoms with Gasteiger partial charge in [0.2, 0.25) is 0 Å². The zero-order valence-electron chi connectivity index (χ0n) is 12.5. The molecule has 0 aliphatic heterocycles. The molecule has 0 aliphatic carbocycles. The second kappa shape index (κ2) is 6.71. The summed E-state index contributed by atoms with van der Waals surface area (Å²) in [4.78, 5) is 15.6. The van der Waals surface area contributed by atoms with Gasteiger partial charge < -0.3 is 9.52 Å². The molecule has 0 unspecified atom stereocenters. The number of carbonyl (C=O) groups is 1. The number of aromatic nitrogens is 1. The van der Waals surface area contributed by atoms with E-state index in [2.05, 4.69) is 4.98 Å². The Labute approximate surface area is 138 Å². The third kappa shape index (κ3) is 3.46. The molecule has 0 fully saturated rings. The Balaban J connectivity index is 2.06. The Morgan fingerprint density at radius 1 is 1.04 bits per heavy atom. The number of carboxylic acids is 1. The van der Waals surface area contributed by atoms with E-state index in [1.807, 2.05) is 60.7 Å². The van der Waals surface area contributed by atoms with E-state index in [0.29, 0.717) is 11.0 Å². The predicted octanol–water partition coefficient (Wildman–Crippen LogP) is 4.57. The second-order valence-corrected chi connectivity index (χ2v) is 6.28. The van der Waals surface area contributed by atoms with E-state index in [1.54, 1.807) is 6.92 Å². The third-order valence-corrected chi connectivity index (χ3v) is 4.25. The molecule has 3 aromatic rings. The standard InChI is InChI=1S/C18H15NO3S/c1-12(17(20)21)23-18-19-15(13-8-4-2-5-9-13)16(22-18)14-10-6-3-7-11-14/h2-12H,1H3,(H,20,21)/t12-/m0/s1. The van der Waals surface area contributed by atoms with Gasteiger partial charge in [-0.25, -0.2) is 4.98 Å². The molecule has 1 N–H and O–H groups in total. The van der Waals surface area contributed by atoms with Crippen LogP contribution in [0.1, 0.15) is 6.92 Å². The highest BCUT2D eigenvalue weighted by atomic mass is 32.2. The quantitative estimate of drug-likeness (QED) is 0.696. The highest BCUT2D eigenvalue weighted by Gasteiger charge is 2.21. The highest BCUT2D eigenvalue weighted by molar-refractivity contribution is 8.00. The van der Waals surface area contributed by atoms with E-state index in [0.717, 1.165) is 28.6 Å². The van der Waals surface area contributed by atoms with Crippen LogP contribution >= 0.6 is 11.8 Å². The average Bonchev–Trinajstić information content (AvgIpc) is 3.00. The first-order chi connectivity index (χ1) is 11.1. The van der Waals surface area contributed by atoms with Crippen molar-refractivity contribution in [2.45, 2.75) is 17.4 Å². The van der Waals surface area contributed by atoms with Crippen molar-refractivity contribution in [1.29, 1.82) is 0 Å². The van der Waals surface area contributed by atoms with Crippen LogP contribution in [0.15, 0.2) is 70.3 Å². The van der Waals surface area contributed by atoms with Gasteiger partial charge in [-0.05, 0) is 6.92 Å². The number of thioether (sulfide) groups is 1. The molecule has 1 atom stereocenters. The normalized spacial score (nSPS) is 12.0. The first-order valence-corrected chi connectivity index (χ1v) is 8.04. The van der Waals surface area contributed by atoms with Crippen LogP contribution in [0, 0.1) is 0 Å². The molecule has 0 saturated carbocycles. The summed E-state index contributed by atoms with van der Waals surface area (Å²) in [5.74, 6) is -0.243. The van der Waals surface area contributed by atoms with Crippen LogP contribution in [0.25, 0.3) is 22.6 Å². The first kappa shape index (κ1) is 15.4. The number of hydrogen-bond acceptors (Lipinski definition) is 4. The summed E-state index contributed by atoms with van der Waals surface area (Å²) in [6, 6.07) is 19.4. The smallest absolute Gasteiger partial charge is 0.316 e. The van der Waals surface area contributed by atoms with Crippen molar-refractivity contribution >= 4 is 17.7 Å². The molecule has 1 aromatic heterocycles. The van der Waals surface area contributed by atoms with Crippen LogP contribution in [0.4, 0.5) is 0 Å². The molecule has 4 nitrogen and oxygen atoms in total. The van der Waals surface area contributed by atoms with Crippen molar-refractivity contribution in [3.8, 4) is 22.6 Å². The van der Waals surface area contributed by atoms with Crippen LogP contribution in [-0.2, 0) is 4.79 Å². The Morgan fingerprint density at radius 3 is 2.17 bits per heavy atom. The number of aliphatic carboxylic acids is 1. The molecule has 2 aromatic carbocycles. The zero-order chi connectivity index (χ0) is 16.2. The Hall–Kier alpha value is -2.53. The Bertz CT molecular complexity index is 743. The molecule has 0 aliphatic rings. The highest BCUT2D eigenvalue weighted by Crippen LogP contribution is 2.36. The van der Waals surface area contributed by atoms with E-state index in [1.165, 1.54) is 0 Å². The summed E-state index contributed by atoms with van der Waals surface area (Å²) in [6.45, 7) is 1.61. The van der Waals surface area contributed by atoms with Crippen LogP contribution in [0.2, 0.25) is 0 Å². The van der Waals surface area contributed by atoms with Gasteiger partial charge >= 0.3 is 5.97 Å². The van der Waals surface area contributed by atoms with E-state index in [4.69, 9.17) is 9.52 Å². The van der Waals surface area contributed by atoms with Gasteiger partial charge in [-0.15, -0.1) is 0 Å². The molecule has 0 spiro atoms. The number of oxazole rings is 1. The van der Waals surface area contributed by atoms with Crippen molar-refractivity contribution in [2.24, 2.45) is 0 Å². The lowest BCUT2D eigenvalue weighted by molar-refractivity contribution is -0.136. The number of rotatable bonds is 5. The molecule has 3 rings (SSSR count). The molecule has 116 valence electrons. The minimum Gasteiger partial charge on any atom is -0.480 e. The Morgan fingerprint density at radius 2 is 1.61 bits per heavy atom. The maximum atomic E-state index is 11.0. The monoisotopic (exact) mass is 325 g/mol. The molecule has 5 heteroatoms. The SMILES string of the molecule is C[C@H](Sc1nc(-c2ccccc2)c(-c2ccccc2)o1)C(=O)O. The fourth-order valence-electron chi connectivity index (χ4n) is 2.13. The second-order valence-electron chi connectivity index (χ2n) is 4.99. The van der Waals surface area contributed by atoms with Gasteiger partial charge in [-0.3, -0.25) is 4.79 Å². The van der Waals surface area contributed by atoms with Gasteiger partial charge in [0.15, 0.2) is 5.76 Å². The van der Waals surface area contributed by atoms with E-state index in [-0.39, 0.29) is 0 Å². The molecular weight excluding hydrogens is 310 g/mol. The van der Waals surface area contributed by atoms with Crippen LogP contribution in [0.3, 0.4) is 0 Å². The fraction of sp³-hybridized carbons (Fsp3) is 0.111. The van der Waals surface area contributed by atoms with Crippen molar-refractivity contribution in [3.05, 3.63) is 60.7 Å². The lowest BCUT2D eigenvalue weighted by Gasteiger charge is -2.01. The summed E-state index contributed by atoms with van der Waals surface area (Å²) >= 11 is 1.10. The predicted molar refractivity (Wildman–Crippen MR) is 90.3 cm³/mol. The molecule has 0 radical (unpaired) electrons. The third-order valence-electron chi connectivity index (χ3n) is 3.32. The van der Waals surface area contributed by atoms with Gasteiger partial charge in [0.05, 0.1) is 0 Å². The lowest BCUT2D eigenvalue weighted by atomic mass is 10.1. The van der Waals surface area contributed by atoms with Crippen LogP contribution in [0.5, 0.6) is 0 Å². The van der Waals surface area contributed by atoms with Crippen LogP contribution < -0.4 is 0 Å². The van der Waals surface area contributed by atoms with E-state index < -0.39 is 11.2 Å². The van der Waals surface area contributed by atoms with Gasteiger partial charge in [0.1, 0.15) is 10.9 Å². The summed E-state index contributed by atoms with van der Waals surface area (Å²) < 4.78 is 5.86. The largest absolute Gasteiger partial charge is 0.480 e. The van der Waals surface area contributed by atoms with Crippen LogP contribution in [-0.4, -0.2) is 21.3 Å². The van der Waals surface area contributed by atoms with Gasteiger partial charge in [-0.1, -0.05) is 72.4 Å². The number of nitrogens with zero attached hydrogens (tertiary/aromatic N) is 1. The van der Waals surface area contributed by atoms with E-state index in [9.17, 15) is 4.79 Å². The minimum absolute atomic E-state index is 0.359. The van der Waals surface area contributed by atoms with Crippen molar-refractivity contribution < 1.29 is 14.3 Å². The van der Waals surface area contributed by atoms with Gasteiger partial charge in [0, 0.05) is 11.1 Å². The van der Waals surface area contributed by atoms with Crippen molar-refractivity contribution in [2.75, 3.05) is 0 Å². The zero-order valence-corrected chi connectivity index (χ0v) is 13.3. The molecule has 23 heavy (non-hydrogen) atoms. The molecule has 0 saturated heterocycles. The summed E-state index contributed by atoms with van der Waals surface area (Å²) in [7, 11) is 0. The average molecular weight is 325 g/mol. The molecule has 1 heterocycles. The van der Waals surface area contributed by atoms with Gasteiger partial charge in [-0.2, -0.15) is 0 Å². The number of hydrogen-bond donors (Lipinski definition) is 1. The van der Waals surface area contributed by atoms with E-state index >= 15 is 0 Å². The maximum Gasteiger partial charge on any atom is 0.316 e. The Kier molecular flexibility index (Phi) is 4.48. The number of benzene rings is 2. The minimum atomic E-state index is -0.893.